The molecular weight excluding hydrogens is 361 g/mol. The van der Waals surface area contributed by atoms with Gasteiger partial charge in [0.05, 0.1) is 5.25 Å². The van der Waals surface area contributed by atoms with Crippen LogP contribution in [0.1, 0.15) is 25.7 Å². The highest BCUT2D eigenvalue weighted by Gasteiger charge is 2.41. The van der Waals surface area contributed by atoms with E-state index >= 15 is 0 Å². The van der Waals surface area contributed by atoms with Gasteiger partial charge in [0.25, 0.3) is 0 Å². The summed E-state index contributed by atoms with van der Waals surface area (Å²) in [5.74, 6) is -2.02. The second kappa shape index (κ2) is 7.71. The minimum atomic E-state index is -3.14. The third-order valence-electron chi connectivity index (χ3n) is 4.72. The van der Waals surface area contributed by atoms with Crippen molar-refractivity contribution in [3.63, 3.8) is 0 Å². The zero-order valence-electron chi connectivity index (χ0n) is 14.3. The Hall–Kier alpha value is -2.00. The molecule has 2 amide bonds. The summed E-state index contributed by atoms with van der Waals surface area (Å²) in [5.41, 5.74) is 0.212. The molecule has 0 atom stereocenters. The smallest absolute Gasteiger partial charge is 0.313 e. The molecule has 2 aliphatic rings. The lowest BCUT2D eigenvalue weighted by atomic mass is 9.98. The van der Waals surface area contributed by atoms with E-state index in [1.807, 2.05) is 0 Å². The molecule has 1 heterocycles. The highest BCUT2D eigenvalue weighted by molar-refractivity contribution is 7.90. The Morgan fingerprint density at radius 3 is 2.42 bits per heavy atom. The van der Waals surface area contributed by atoms with Crippen molar-refractivity contribution in [3.05, 3.63) is 30.1 Å². The van der Waals surface area contributed by atoms with Gasteiger partial charge in [0.15, 0.2) is 0 Å². The molecule has 9 heteroatoms. The number of piperidine rings is 1. The highest BCUT2D eigenvalue weighted by Crippen LogP contribution is 2.33. The summed E-state index contributed by atoms with van der Waals surface area (Å²) < 4.78 is 39.0. The number of halogens is 1. The Morgan fingerprint density at radius 1 is 1.12 bits per heavy atom. The summed E-state index contributed by atoms with van der Waals surface area (Å²) in [7, 11) is -3.14. The first-order chi connectivity index (χ1) is 12.4. The van der Waals surface area contributed by atoms with Crippen LogP contribution in [0, 0.1) is 11.7 Å². The number of benzene rings is 1. The van der Waals surface area contributed by atoms with E-state index in [4.69, 9.17) is 0 Å². The van der Waals surface area contributed by atoms with Crippen LogP contribution in [-0.4, -0.2) is 49.4 Å². The van der Waals surface area contributed by atoms with Crippen LogP contribution in [0.5, 0.6) is 0 Å². The Balaban J connectivity index is 1.41. The topological polar surface area (TPSA) is 95.6 Å². The number of amides is 2. The van der Waals surface area contributed by atoms with E-state index in [1.165, 1.54) is 18.2 Å². The quantitative estimate of drug-likeness (QED) is 0.744. The second-order valence-corrected chi connectivity index (χ2v) is 8.97. The van der Waals surface area contributed by atoms with Gasteiger partial charge < -0.3 is 10.6 Å². The summed E-state index contributed by atoms with van der Waals surface area (Å²) in [4.78, 5) is 23.7. The van der Waals surface area contributed by atoms with E-state index in [0.717, 1.165) is 18.9 Å². The van der Waals surface area contributed by atoms with Gasteiger partial charge in [0, 0.05) is 25.3 Å². The van der Waals surface area contributed by atoms with Crippen molar-refractivity contribution in [1.29, 1.82) is 0 Å². The zero-order chi connectivity index (χ0) is 18.7. The molecule has 1 saturated heterocycles. The molecule has 0 aromatic heterocycles. The molecule has 2 N–H and O–H groups in total. The van der Waals surface area contributed by atoms with Crippen LogP contribution in [0.3, 0.4) is 0 Å². The molecule has 1 aliphatic heterocycles. The lowest BCUT2D eigenvalue weighted by Crippen LogP contribution is -2.44. The van der Waals surface area contributed by atoms with E-state index in [1.54, 1.807) is 4.31 Å². The van der Waals surface area contributed by atoms with Crippen molar-refractivity contribution in [2.24, 2.45) is 5.92 Å². The average molecular weight is 383 g/mol. The van der Waals surface area contributed by atoms with Gasteiger partial charge in [-0.1, -0.05) is 6.07 Å². The first-order valence-electron chi connectivity index (χ1n) is 8.70. The fourth-order valence-corrected chi connectivity index (χ4v) is 4.89. The maximum atomic E-state index is 13.1. The molecular formula is C17H22FN3O4S. The third-order valence-corrected chi connectivity index (χ3v) is 7.12. The van der Waals surface area contributed by atoms with Gasteiger partial charge in [-0.25, -0.2) is 17.1 Å². The highest BCUT2D eigenvalue weighted by atomic mass is 32.2. The summed E-state index contributed by atoms with van der Waals surface area (Å²) in [6.07, 6.45) is 2.80. The fraction of sp³-hybridized carbons (Fsp3) is 0.529. The molecule has 3 rings (SSSR count). The molecule has 1 aliphatic carbocycles. The van der Waals surface area contributed by atoms with E-state index in [2.05, 4.69) is 10.6 Å². The SMILES string of the molecule is O=C(NCC1CCN(S(=O)(=O)C2CC2)CC1)C(=O)Nc1cccc(F)c1. The number of nitrogens with one attached hydrogen (secondary N) is 2. The monoisotopic (exact) mass is 383 g/mol. The zero-order valence-corrected chi connectivity index (χ0v) is 15.1. The van der Waals surface area contributed by atoms with Crippen molar-refractivity contribution >= 4 is 27.5 Å². The van der Waals surface area contributed by atoms with Crippen molar-refractivity contribution in [2.75, 3.05) is 25.0 Å². The van der Waals surface area contributed by atoms with Crippen LogP contribution in [0.15, 0.2) is 24.3 Å². The summed E-state index contributed by atoms with van der Waals surface area (Å²) in [6, 6.07) is 5.29. The molecule has 26 heavy (non-hydrogen) atoms. The van der Waals surface area contributed by atoms with Crippen molar-refractivity contribution < 1.29 is 22.4 Å². The minimum Gasteiger partial charge on any atom is -0.348 e. The van der Waals surface area contributed by atoms with Gasteiger partial charge in [0.1, 0.15) is 5.82 Å². The molecule has 0 unspecified atom stereocenters. The summed E-state index contributed by atoms with van der Waals surface area (Å²) in [5, 5.41) is 4.70. The van der Waals surface area contributed by atoms with Crippen LogP contribution in [0.4, 0.5) is 10.1 Å². The standard InChI is InChI=1S/C17H22FN3O4S/c18-13-2-1-3-14(10-13)20-17(23)16(22)19-11-12-6-8-21(9-7-12)26(24,25)15-4-5-15/h1-3,10,12,15H,4-9,11H2,(H,19,22)(H,20,23). The molecule has 0 radical (unpaired) electrons. The fourth-order valence-electron chi connectivity index (χ4n) is 3.02. The largest absolute Gasteiger partial charge is 0.348 e. The molecule has 0 spiro atoms. The number of anilines is 1. The van der Waals surface area contributed by atoms with Gasteiger partial charge in [0.2, 0.25) is 10.0 Å². The first kappa shape index (κ1) is 18.8. The average Bonchev–Trinajstić information content (AvgIpc) is 3.45. The molecule has 2 fully saturated rings. The maximum Gasteiger partial charge on any atom is 0.313 e. The first-order valence-corrected chi connectivity index (χ1v) is 10.2. The van der Waals surface area contributed by atoms with Gasteiger partial charge in [-0.15, -0.1) is 0 Å². The Kier molecular flexibility index (Phi) is 5.57. The summed E-state index contributed by atoms with van der Waals surface area (Å²) in [6.45, 7) is 1.22. The Bertz CT molecular complexity index is 787. The lowest BCUT2D eigenvalue weighted by molar-refractivity contribution is -0.136. The number of sulfonamides is 1. The molecule has 1 aromatic rings. The van der Waals surface area contributed by atoms with Gasteiger partial charge in [-0.05, 0) is 49.8 Å². The lowest BCUT2D eigenvalue weighted by Gasteiger charge is -2.31. The number of rotatable bonds is 5. The van der Waals surface area contributed by atoms with E-state index in [9.17, 15) is 22.4 Å². The predicted octanol–water partition coefficient (Wildman–Crippen LogP) is 1.08. The van der Waals surface area contributed by atoms with Crippen LogP contribution in [0.2, 0.25) is 0 Å². The number of carbonyl (C=O) groups excluding carboxylic acids is 2. The number of nitrogens with zero attached hydrogens (tertiary/aromatic N) is 1. The molecule has 1 saturated carbocycles. The van der Waals surface area contributed by atoms with Gasteiger partial charge >= 0.3 is 11.8 Å². The summed E-state index contributed by atoms with van der Waals surface area (Å²) >= 11 is 0. The van der Waals surface area contributed by atoms with Gasteiger partial charge in [-0.2, -0.15) is 0 Å². The third kappa shape index (κ3) is 4.59. The van der Waals surface area contributed by atoms with Crippen LogP contribution < -0.4 is 10.6 Å². The number of hydrogen-bond donors (Lipinski definition) is 2. The molecule has 0 bridgehead atoms. The molecule has 1 aromatic carbocycles. The van der Waals surface area contributed by atoms with E-state index < -0.39 is 27.7 Å². The van der Waals surface area contributed by atoms with E-state index in [0.29, 0.717) is 32.5 Å². The Labute approximate surface area is 152 Å². The molecule has 7 nitrogen and oxygen atoms in total. The van der Waals surface area contributed by atoms with Crippen molar-refractivity contribution in [1.82, 2.24) is 9.62 Å². The number of hydrogen-bond acceptors (Lipinski definition) is 4. The maximum absolute atomic E-state index is 13.1. The van der Waals surface area contributed by atoms with Crippen molar-refractivity contribution in [3.8, 4) is 0 Å². The van der Waals surface area contributed by atoms with Crippen LogP contribution in [0.25, 0.3) is 0 Å². The second-order valence-electron chi connectivity index (χ2n) is 6.76. The van der Waals surface area contributed by atoms with Crippen LogP contribution in [-0.2, 0) is 19.6 Å². The van der Waals surface area contributed by atoms with Gasteiger partial charge in [-0.3, -0.25) is 9.59 Å². The predicted molar refractivity (Wildman–Crippen MR) is 94.3 cm³/mol. The Morgan fingerprint density at radius 2 is 1.81 bits per heavy atom. The molecule has 142 valence electrons. The number of carbonyl (C=O) groups is 2. The van der Waals surface area contributed by atoms with Crippen LogP contribution >= 0.6 is 0 Å². The normalized spacial score (nSPS) is 19.1. The van der Waals surface area contributed by atoms with E-state index in [-0.39, 0.29) is 16.9 Å². The van der Waals surface area contributed by atoms with Crippen molar-refractivity contribution in [2.45, 2.75) is 30.9 Å². The minimum absolute atomic E-state index is 0.131.